The minimum absolute atomic E-state index is 0.246. The Kier molecular flexibility index (Phi) is 3.44. The van der Waals surface area contributed by atoms with Gasteiger partial charge in [-0.15, -0.1) is 4.73 Å². The number of carbonyl (C=O) groups is 1. The van der Waals surface area contributed by atoms with Crippen LogP contribution in [0.25, 0.3) is 0 Å². The molecule has 0 fully saturated rings. The highest BCUT2D eigenvalue weighted by atomic mass is 16.7. The van der Waals surface area contributed by atoms with Gasteiger partial charge in [0.2, 0.25) is 0 Å². The lowest BCUT2D eigenvalue weighted by Gasteiger charge is -2.06. The van der Waals surface area contributed by atoms with Crippen molar-refractivity contribution in [2.75, 3.05) is 0 Å². The molecule has 0 saturated heterocycles. The number of nitrogens with zero attached hydrogens (tertiary/aromatic N) is 1. The van der Waals surface area contributed by atoms with Crippen LogP contribution >= 0.6 is 0 Å². The summed E-state index contributed by atoms with van der Waals surface area (Å²) in [6.07, 6.45) is 1.58. The lowest BCUT2D eigenvalue weighted by molar-refractivity contribution is -0.140. The van der Waals surface area contributed by atoms with Gasteiger partial charge in [0.1, 0.15) is 0 Å². The predicted molar refractivity (Wildman–Crippen MR) is 57.1 cm³/mol. The standard InChI is InChI=1S/C10H12N2O4/c1-4-6(2)9(14)16-12-5-7(3)8(13)11-10(12)15/h5H,2,4H2,1,3H3,(H,11,13,15). The molecular weight excluding hydrogens is 212 g/mol. The Labute approximate surface area is 91.1 Å². The molecule has 0 aliphatic heterocycles. The normalized spacial score (nSPS) is 9.88. The van der Waals surface area contributed by atoms with Crippen molar-refractivity contribution >= 4 is 5.97 Å². The van der Waals surface area contributed by atoms with Crippen molar-refractivity contribution in [3.63, 3.8) is 0 Å². The van der Waals surface area contributed by atoms with E-state index in [1.54, 1.807) is 6.92 Å². The molecule has 6 heteroatoms. The minimum Gasteiger partial charge on any atom is -0.327 e. The van der Waals surface area contributed by atoms with Gasteiger partial charge in [-0.2, -0.15) is 0 Å². The van der Waals surface area contributed by atoms with E-state index in [4.69, 9.17) is 4.84 Å². The highest BCUT2D eigenvalue weighted by molar-refractivity contribution is 5.87. The van der Waals surface area contributed by atoms with Crippen LogP contribution in [0.15, 0.2) is 27.9 Å². The molecule has 0 aliphatic carbocycles. The molecule has 0 unspecified atom stereocenters. The molecule has 16 heavy (non-hydrogen) atoms. The SMILES string of the molecule is C=C(CC)C(=O)On1cc(C)c(=O)[nH]c1=O. The van der Waals surface area contributed by atoms with E-state index in [1.807, 2.05) is 4.98 Å². The molecule has 0 bridgehead atoms. The van der Waals surface area contributed by atoms with Gasteiger partial charge in [-0.1, -0.05) is 13.5 Å². The van der Waals surface area contributed by atoms with Crippen molar-refractivity contribution in [2.45, 2.75) is 20.3 Å². The highest BCUT2D eigenvalue weighted by Crippen LogP contribution is 1.96. The van der Waals surface area contributed by atoms with Crippen LogP contribution in [0, 0.1) is 6.92 Å². The Hall–Kier alpha value is -2.11. The molecule has 0 aromatic carbocycles. The summed E-state index contributed by atoms with van der Waals surface area (Å²) in [4.78, 5) is 40.3. The molecule has 1 aromatic heterocycles. The molecule has 0 spiro atoms. The molecule has 1 aromatic rings. The van der Waals surface area contributed by atoms with Crippen molar-refractivity contribution < 1.29 is 9.63 Å². The summed E-state index contributed by atoms with van der Waals surface area (Å²) in [5, 5.41) is 0. The lowest BCUT2D eigenvalue weighted by atomic mass is 10.2. The zero-order valence-electron chi connectivity index (χ0n) is 9.07. The second kappa shape index (κ2) is 4.61. The number of nitrogens with one attached hydrogen (secondary N) is 1. The Morgan fingerprint density at radius 1 is 1.56 bits per heavy atom. The molecular formula is C10H12N2O4. The Balaban J connectivity index is 3.03. The summed E-state index contributed by atoms with van der Waals surface area (Å²) in [6, 6.07) is 0. The number of aryl methyl sites for hydroxylation is 1. The fourth-order valence-electron chi connectivity index (χ4n) is 0.910. The average Bonchev–Trinajstić information content (AvgIpc) is 2.24. The molecule has 6 nitrogen and oxygen atoms in total. The number of carbonyl (C=O) groups excluding carboxylic acids is 1. The highest BCUT2D eigenvalue weighted by Gasteiger charge is 2.10. The smallest absolute Gasteiger partial charge is 0.327 e. The van der Waals surface area contributed by atoms with Crippen molar-refractivity contribution in [2.24, 2.45) is 0 Å². The Morgan fingerprint density at radius 2 is 2.19 bits per heavy atom. The first-order valence-electron chi connectivity index (χ1n) is 4.68. The van der Waals surface area contributed by atoms with Crippen molar-refractivity contribution in [3.05, 3.63) is 44.8 Å². The number of hydrogen-bond acceptors (Lipinski definition) is 4. The summed E-state index contributed by atoms with van der Waals surface area (Å²) >= 11 is 0. The van der Waals surface area contributed by atoms with E-state index in [0.717, 1.165) is 6.20 Å². The molecule has 0 amide bonds. The lowest BCUT2D eigenvalue weighted by Crippen LogP contribution is -2.37. The summed E-state index contributed by atoms with van der Waals surface area (Å²) in [7, 11) is 0. The van der Waals surface area contributed by atoms with Crippen molar-refractivity contribution in [1.29, 1.82) is 0 Å². The van der Waals surface area contributed by atoms with Crippen LogP contribution in [0.4, 0.5) is 0 Å². The third-order valence-electron chi connectivity index (χ3n) is 1.99. The summed E-state index contributed by atoms with van der Waals surface area (Å²) in [6.45, 7) is 6.71. The zero-order chi connectivity index (χ0) is 12.3. The fraction of sp³-hybridized carbons (Fsp3) is 0.300. The van der Waals surface area contributed by atoms with Gasteiger partial charge in [0.05, 0.1) is 6.20 Å². The molecule has 1 rings (SSSR count). The van der Waals surface area contributed by atoms with Gasteiger partial charge in [0.15, 0.2) is 0 Å². The third-order valence-corrected chi connectivity index (χ3v) is 1.99. The monoisotopic (exact) mass is 224 g/mol. The first kappa shape index (κ1) is 12.0. The third kappa shape index (κ3) is 2.47. The van der Waals surface area contributed by atoms with E-state index in [9.17, 15) is 14.4 Å². The maximum atomic E-state index is 11.3. The zero-order valence-corrected chi connectivity index (χ0v) is 9.07. The Morgan fingerprint density at radius 3 is 2.75 bits per heavy atom. The quantitative estimate of drug-likeness (QED) is 0.719. The molecule has 0 radical (unpaired) electrons. The first-order chi connectivity index (χ1) is 7.45. The van der Waals surface area contributed by atoms with Gasteiger partial charge >= 0.3 is 11.7 Å². The van der Waals surface area contributed by atoms with Crippen molar-refractivity contribution in [1.82, 2.24) is 9.71 Å². The maximum absolute atomic E-state index is 11.3. The van der Waals surface area contributed by atoms with Crippen LogP contribution in [0.2, 0.25) is 0 Å². The van der Waals surface area contributed by atoms with Gasteiger partial charge in [-0.05, 0) is 13.3 Å². The van der Waals surface area contributed by atoms with Gasteiger partial charge in [-0.3, -0.25) is 9.78 Å². The van der Waals surface area contributed by atoms with Crippen LogP contribution < -0.4 is 16.1 Å². The van der Waals surface area contributed by atoms with Crippen LogP contribution in [-0.2, 0) is 4.79 Å². The van der Waals surface area contributed by atoms with Gasteiger partial charge in [-0.25, -0.2) is 9.59 Å². The first-order valence-corrected chi connectivity index (χ1v) is 4.68. The second-order valence-electron chi connectivity index (χ2n) is 3.23. The molecule has 1 heterocycles. The molecule has 0 saturated carbocycles. The van der Waals surface area contributed by atoms with E-state index >= 15 is 0 Å². The Bertz CT molecular complexity index is 538. The molecule has 86 valence electrons. The van der Waals surface area contributed by atoms with Crippen molar-refractivity contribution in [3.8, 4) is 0 Å². The predicted octanol–water partition coefficient (Wildman–Crippen LogP) is -0.234. The van der Waals surface area contributed by atoms with Crippen LogP contribution in [0.3, 0.4) is 0 Å². The number of H-pyrrole nitrogens is 1. The summed E-state index contributed by atoms with van der Waals surface area (Å²) in [5.74, 6) is -0.698. The largest absolute Gasteiger partial charge is 0.361 e. The minimum atomic E-state index is -0.798. The number of rotatable bonds is 3. The topological polar surface area (TPSA) is 81.2 Å². The number of hydrogen-bond donors (Lipinski definition) is 1. The number of aromatic amines is 1. The molecule has 0 atom stereocenters. The summed E-state index contributed by atoms with van der Waals surface area (Å²) < 4.78 is 0.680. The molecule has 1 N–H and O–H groups in total. The van der Waals surface area contributed by atoms with Gasteiger partial charge < -0.3 is 4.84 Å². The van der Waals surface area contributed by atoms with E-state index in [0.29, 0.717) is 11.2 Å². The number of aromatic nitrogens is 2. The van der Waals surface area contributed by atoms with E-state index in [-0.39, 0.29) is 11.1 Å². The summed E-state index contributed by atoms with van der Waals surface area (Å²) in [5.41, 5.74) is -0.787. The average molecular weight is 224 g/mol. The van der Waals surface area contributed by atoms with E-state index < -0.39 is 17.2 Å². The second-order valence-corrected chi connectivity index (χ2v) is 3.23. The van der Waals surface area contributed by atoms with Crippen LogP contribution in [0.1, 0.15) is 18.9 Å². The van der Waals surface area contributed by atoms with E-state index in [2.05, 4.69) is 6.58 Å². The molecule has 0 aliphatic rings. The van der Waals surface area contributed by atoms with Gasteiger partial charge in [0, 0.05) is 11.1 Å². The fourth-order valence-corrected chi connectivity index (χ4v) is 0.910. The van der Waals surface area contributed by atoms with Crippen LogP contribution in [0.5, 0.6) is 0 Å². The van der Waals surface area contributed by atoms with E-state index in [1.165, 1.54) is 6.92 Å². The van der Waals surface area contributed by atoms with Gasteiger partial charge in [0.25, 0.3) is 5.56 Å². The maximum Gasteiger partial charge on any atom is 0.361 e. The van der Waals surface area contributed by atoms with Crippen LogP contribution in [-0.4, -0.2) is 15.7 Å².